The summed E-state index contributed by atoms with van der Waals surface area (Å²) < 4.78 is 11.0. The van der Waals surface area contributed by atoms with Crippen molar-refractivity contribution in [1.82, 2.24) is 0 Å². The van der Waals surface area contributed by atoms with Gasteiger partial charge in [-0.25, -0.2) is 9.59 Å². The third-order valence-corrected chi connectivity index (χ3v) is 4.51. The molecule has 0 saturated heterocycles. The van der Waals surface area contributed by atoms with Gasteiger partial charge in [0, 0.05) is 9.35 Å². The molecule has 0 aliphatic rings. The predicted octanol–water partition coefficient (Wildman–Crippen LogP) is 5.31. The van der Waals surface area contributed by atoms with E-state index in [0.717, 1.165) is 14.9 Å². The Morgan fingerprint density at radius 1 is 1.21 bits per heavy atom. The van der Waals surface area contributed by atoms with Gasteiger partial charge in [0.1, 0.15) is 10.5 Å². The van der Waals surface area contributed by atoms with Crippen LogP contribution in [-0.4, -0.2) is 24.8 Å². The average Bonchev–Trinajstić information content (AvgIpc) is 2.88. The van der Waals surface area contributed by atoms with Crippen LogP contribution in [0.1, 0.15) is 30.4 Å². The van der Waals surface area contributed by atoms with Crippen molar-refractivity contribution in [2.45, 2.75) is 26.4 Å². The van der Waals surface area contributed by atoms with Gasteiger partial charge in [-0.1, -0.05) is 28.1 Å². The Labute approximate surface area is 153 Å². The maximum Gasteiger partial charge on any atom is 0.412 e. The molecule has 1 N–H and O–H groups in total. The van der Waals surface area contributed by atoms with Crippen LogP contribution in [0.4, 0.5) is 10.5 Å². The molecule has 7 heteroatoms. The molecule has 2 aromatic rings. The monoisotopic (exact) mass is 411 g/mol. The number of hydrogen-bond donors (Lipinski definition) is 1. The Kier molecular flexibility index (Phi) is 5.66. The molecule has 0 atom stereocenters. The molecule has 0 radical (unpaired) electrons. The van der Waals surface area contributed by atoms with Gasteiger partial charge < -0.3 is 9.47 Å². The van der Waals surface area contributed by atoms with Crippen LogP contribution in [0.25, 0.3) is 10.4 Å². The molecule has 0 unspecified atom stereocenters. The SMILES string of the molecule is COC(=O)c1sc(-c2cccc(Br)c2)cc1NC(=O)OC(C)(C)C. The zero-order chi connectivity index (χ0) is 17.9. The van der Waals surface area contributed by atoms with Gasteiger partial charge >= 0.3 is 12.1 Å². The molecule has 0 spiro atoms. The summed E-state index contributed by atoms with van der Waals surface area (Å²) in [4.78, 5) is 25.2. The van der Waals surface area contributed by atoms with Crippen LogP contribution in [0.3, 0.4) is 0 Å². The standard InChI is InChI=1S/C17H18BrNO4S/c1-17(2,3)23-16(21)19-12-9-13(24-14(12)15(20)22-4)10-6-5-7-11(18)8-10/h5-9H,1-4H3,(H,19,21). The van der Waals surface area contributed by atoms with E-state index in [1.165, 1.54) is 18.4 Å². The van der Waals surface area contributed by atoms with E-state index in [2.05, 4.69) is 21.2 Å². The number of methoxy groups -OCH3 is 1. The largest absolute Gasteiger partial charge is 0.465 e. The molecule has 0 aliphatic carbocycles. The topological polar surface area (TPSA) is 64.6 Å². The van der Waals surface area contributed by atoms with Gasteiger partial charge in [-0.05, 0) is 44.5 Å². The molecular weight excluding hydrogens is 394 g/mol. The Balaban J connectivity index is 2.35. The van der Waals surface area contributed by atoms with Gasteiger partial charge in [0.25, 0.3) is 0 Å². The van der Waals surface area contributed by atoms with Crippen molar-refractivity contribution >= 4 is 45.0 Å². The minimum atomic E-state index is -0.626. The fraction of sp³-hybridized carbons (Fsp3) is 0.294. The highest BCUT2D eigenvalue weighted by Crippen LogP contribution is 2.36. The number of halogens is 1. The van der Waals surface area contributed by atoms with Gasteiger partial charge in [0.2, 0.25) is 0 Å². The second-order valence-electron chi connectivity index (χ2n) is 5.98. The highest BCUT2D eigenvalue weighted by Gasteiger charge is 2.22. The fourth-order valence-corrected chi connectivity index (χ4v) is 3.35. The number of thiophene rings is 1. The Hall–Kier alpha value is -1.86. The van der Waals surface area contributed by atoms with Crippen molar-refractivity contribution in [3.05, 3.63) is 39.7 Å². The van der Waals surface area contributed by atoms with E-state index in [1.807, 2.05) is 24.3 Å². The molecule has 24 heavy (non-hydrogen) atoms. The summed E-state index contributed by atoms with van der Waals surface area (Å²) in [5.74, 6) is -0.507. The van der Waals surface area contributed by atoms with Gasteiger partial charge in [0.15, 0.2) is 0 Å². The second-order valence-corrected chi connectivity index (χ2v) is 7.95. The normalized spacial score (nSPS) is 11.0. The zero-order valence-electron chi connectivity index (χ0n) is 13.8. The molecule has 2 rings (SSSR count). The van der Waals surface area contributed by atoms with E-state index in [4.69, 9.17) is 9.47 Å². The smallest absolute Gasteiger partial charge is 0.412 e. The number of hydrogen-bond acceptors (Lipinski definition) is 5. The Morgan fingerprint density at radius 2 is 1.92 bits per heavy atom. The molecule has 0 aliphatic heterocycles. The first kappa shape index (κ1) is 18.5. The lowest BCUT2D eigenvalue weighted by atomic mass is 10.2. The number of rotatable bonds is 3. The number of anilines is 1. The Bertz CT molecular complexity index is 764. The summed E-state index contributed by atoms with van der Waals surface area (Å²) in [6.07, 6.45) is -0.619. The summed E-state index contributed by atoms with van der Waals surface area (Å²) >= 11 is 4.67. The van der Waals surface area contributed by atoms with Crippen LogP contribution in [0.5, 0.6) is 0 Å². The Morgan fingerprint density at radius 3 is 2.50 bits per heavy atom. The second kappa shape index (κ2) is 7.36. The summed E-state index contributed by atoms with van der Waals surface area (Å²) in [5.41, 5.74) is 0.673. The number of carbonyl (C=O) groups is 2. The molecule has 0 fully saturated rings. The minimum Gasteiger partial charge on any atom is -0.465 e. The third-order valence-electron chi connectivity index (χ3n) is 2.85. The molecule has 0 bridgehead atoms. The van der Waals surface area contributed by atoms with E-state index >= 15 is 0 Å². The molecule has 1 aromatic heterocycles. The lowest BCUT2D eigenvalue weighted by Crippen LogP contribution is -2.27. The van der Waals surface area contributed by atoms with E-state index in [1.54, 1.807) is 26.8 Å². The number of benzene rings is 1. The van der Waals surface area contributed by atoms with Gasteiger partial charge in [0.05, 0.1) is 12.8 Å². The quantitative estimate of drug-likeness (QED) is 0.694. The number of esters is 1. The van der Waals surface area contributed by atoms with Crippen molar-refractivity contribution in [3.8, 4) is 10.4 Å². The maximum absolute atomic E-state index is 12.0. The van der Waals surface area contributed by atoms with Gasteiger partial charge in [-0.2, -0.15) is 0 Å². The van der Waals surface area contributed by atoms with Crippen LogP contribution >= 0.6 is 27.3 Å². The number of nitrogens with one attached hydrogen (secondary N) is 1. The molecule has 5 nitrogen and oxygen atoms in total. The minimum absolute atomic E-state index is 0.318. The third kappa shape index (κ3) is 4.82. The van der Waals surface area contributed by atoms with Crippen molar-refractivity contribution in [1.29, 1.82) is 0 Å². The summed E-state index contributed by atoms with van der Waals surface area (Å²) in [7, 11) is 1.30. The molecular formula is C17H18BrNO4S. The predicted molar refractivity (Wildman–Crippen MR) is 98.7 cm³/mol. The van der Waals surface area contributed by atoms with E-state index in [-0.39, 0.29) is 0 Å². The highest BCUT2D eigenvalue weighted by atomic mass is 79.9. The molecule has 1 amide bonds. The lowest BCUT2D eigenvalue weighted by Gasteiger charge is -2.19. The van der Waals surface area contributed by atoms with Crippen molar-refractivity contribution in [2.75, 3.05) is 12.4 Å². The zero-order valence-corrected chi connectivity index (χ0v) is 16.2. The summed E-state index contributed by atoms with van der Waals surface area (Å²) in [6, 6.07) is 9.41. The van der Waals surface area contributed by atoms with E-state index in [9.17, 15) is 9.59 Å². The van der Waals surface area contributed by atoms with Crippen LogP contribution in [-0.2, 0) is 9.47 Å². The van der Waals surface area contributed by atoms with Gasteiger partial charge in [-0.3, -0.25) is 5.32 Å². The number of ether oxygens (including phenoxy) is 2. The van der Waals surface area contributed by atoms with Crippen LogP contribution in [0.2, 0.25) is 0 Å². The first-order chi connectivity index (χ1) is 11.2. The van der Waals surface area contributed by atoms with Crippen LogP contribution in [0, 0.1) is 0 Å². The highest BCUT2D eigenvalue weighted by molar-refractivity contribution is 9.10. The van der Waals surface area contributed by atoms with E-state index in [0.29, 0.717) is 10.6 Å². The first-order valence-corrected chi connectivity index (χ1v) is 8.78. The first-order valence-electron chi connectivity index (χ1n) is 7.17. The van der Waals surface area contributed by atoms with Crippen LogP contribution in [0.15, 0.2) is 34.8 Å². The van der Waals surface area contributed by atoms with Crippen molar-refractivity contribution < 1.29 is 19.1 Å². The summed E-state index contributed by atoms with van der Waals surface area (Å²) in [5, 5.41) is 2.62. The van der Waals surface area contributed by atoms with Crippen molar-refractivity contribution in [3.63, 3.8) is 0 Å². The maximum atomic E-state index is 12.0. The summed E-state index contributed by atoms with van der Waals surface area (Å²) in [6.45, 7) is 5.32. The van der Waals surface area contributed by atoms with Crippen molar-refractivity contribution in [2.24, 2.45) is 0 Å². The molecule has 0 saturated carbocycles. The molecule has 128 valence electrons. The van der Waals surface area contributed by atoms with Gasteiger partial charge in [-0.15, -0.1) is 11.3 Å². The number of amides is 1. The number of carbonyl (C=O) groups excluding carboxylic acids is 2. The van der Waals surface area contributed by atoms with E-state index < -0.39 is 17.7 Å². The molecule has 1 heterocycles. The van der Waals surface area contributed by atoms with Crippen LogP contribution < -0.4 is 5.32 Å². The molecule has 1 aromatic carbocycles. The average molecular weight is 412 g/mol. The fourth-order valence-electron chi connectivity index (χ4n) is 1.93. The lowest BCUT2D eigenvalue weighted by molar-refractivity contribution is 0.0607.